The van der Waals surface area contributed by atoms with Crippen LogP contribution in [0.2, 0.25) is 0 Å². The number of hydrogen-bond acceptors (Lipinski definition) is 3. The number of carbonyl (C=O) groups is 1. The van der Waals surface area contributed by atoms with Gasteiger partial charge in [0.25, 0.3) is 0 Å². The van der Waals surface area contributed by atoms with Crippen molar-refractivity contribution < 1.29 is 20.0 Å². The molecule has 15 heavy (non-hydrogen) atoms. The van der Waals surface area contributed by atoms with Crippen LogP contribution in [-0.4, -0.2) is 16.3 Å². The summed E-state index contributed by atoms with van der Waals surface area (Å²) in [5, 5.41) is 18.9. The molecule has 0 aromatic heterocycles. The largest absolute Gasteiger partial charge is 0.478 e. The molecule has 2 aromatic carbocycles. The smallest absolute Gasteiger partial charge is 0.340 e. The summed E-state index contributed by atoms with van der Waals surface area (Å²) in [5.41, 5.74) is -0.0319. The van der Waals surface area contributed by atoms with E-state index in [1.807, 2.05) is 6.07 Å². The zero-order valence-electron chi connectivity index (χ0n) is 7.68. The summed E-state index contributed by atoms with van der Waals surface area (Å²) >= 11 is 0. The predicted octanol–water partition coefficient (Wildman–Crippen LogP) is 2.39. The number of fused-ring (bicyclic) bond motifs is 1. The van der Waals surface area contributed by atoms with Gasteiger partial charge in [0.2, 0.25) is 0 Å². The molecule has 4 heteroatoms. The molecule has 4 nitrogen and oxygen atoms in total. The molecule has 0 unspecified atom stereocenters. The van der Waals surface area contributed by atoms with Gasteiger partial charge in [0.05, 0.1) is 0 Å². The first-order valence-electron chi connectivity index (χ1n) is 4.30. The lowest BCUT2D eigenvalue weighted by Crippen LogP contribution is -2.01. The van der Waals surface area contributed by atoms with Crippen molar-refractivity contribution in [3.8, 4) is 5.75 Å². The Labute approximate surface area is 85.3 Å². The van der Waals surface area contributed by atoms with Crippen molar-refractivity contribution in [3.63, 3.8) is 0 Å². The van der Waals surface area contributed by atoms with Gasteiger partial charge in [-0.25, -0.2) is 10.1 Å². The van der Waals surface area contributed by atoms with Crippen LogP contribution in [-0.2, 0) is 0 Å². The Morgan fingerprint density at radius 1 is 1.13 bits per heavy atom. The molecule has 76 valence electrons. The van der Waals surface area contributed by atoms with Crippen molar-refractivity contribution in [1.29, 1.82) is 0 Å². The second-order valence-corrected chi connectivity index (χ2v) is 3.06. The second kappa shape index (κ2) is 3.59. The van der Waals surface area contributed by atoms with Crippen LogP contribution in [0.25, 0.3) is 10.8 Å². The summed E-state index contributed by atoms with van der Waals surface area (Å²) in [4.78, 5) is 15.0. The molecular weight excluding hydrogens is 196 g/mol. The fraction of sp³-hybridized carbons (Fsp3) is 0. The molecule has 0 amide bonds. The molecule has 0 bridgehead atoms. The number of carboxylic acids is 1. The van der Waals surface area contributed by atoms with Crippen LogP contribution in [0, 0.1) is 0 Å². The minimum absolute atomic E-state index is 0.0319. The van der Waals surface area contributed by atoms with Gasteiger partial charge >= 0.3 is 5.97 Å². The van der Waals surface area contributed by atoms with E-state index in [-0.39, 0.29) is 11.3 Å². The lowest BCUT2D eigenvalue weighted by Gasteiger charge is -2.05. The maximum atomic E-state index is 11.0. The molecule has 0 spiro atoms. The Morgan fingerprint density at radius 3 is 2.53 bits per heavy atom. The van der Waals surface area contributed by atoms with Gasteiger partial charge in [-0.15, -0.1) is 0 Å². The van der Waals surface area contributed by atoms with Gasteiger partial charge in [0, 0.05) is 5.39 Å². The van der Waals surface area contributed by atoms with Crippen molar-refractivity contribution in [2.45, 2.75) is 0 Å². The second-order valence-electron chi connectivity index (χ2n) is 3.06. The first-order chi connectivity index (χ1) is 7.24. The van der Waals surface area contributed by atoms with E-state index in [0.717, 1.165) is 5.39 Å². The van der Waals surface area contributed by atoms with Gasteiger partial charge in [-0.3, -0.25) is 0 Å². The van der Waals surface area contributed by atoms with Crippen molar-refractivity contribution >= 4 is 16.7 Å². The van der Waals surface area contributed by atoms with Gasteiger partial charge in [0.15, 0.2) is 5.75 Å². The summed E-state index contributed by atoms with van der Waals surface area (Å²) in [5.74, 6) is -1.18. The third kappa shape index (κ3) is 1.51. The Kier molecular flexibility index (Phi) is 2.27. The van der Waals surface area contributed by atoms with Crippen LogP contribution >= 0.6 is 0 Å². The zero-order chi connectivity index (χ0) is 10.8. The molecule has 0 atom stereocenters. The van der Waals surface area contributed by atoms with Crippen molar-refractivity contribution in [2.24, 2.45) is 0 Å². The molecule has 0 saturated carbocycles. The normalized spacial score (nSPS) is 10.2. The molecule has 0 fully saturated rings. The average molecular weight is 204 g/mol. The van der Waals surface area contributed by atoms with Gasteiger partial charge in [0.1, 0.15) is 5.56 Å². The molecule has 2 aromatic rings. The van der Waals surface area contributed by atoms with Crippen molar-refractivity contribution in [3.05, 3.63) is 42.0 Å². The van der Waals surface area contributed by atoms with Crippen LogP contribution in [0.15, 0.2) is 36.4 Å². The first kappa shape index (κ1) is 9.48. The first-order valence-corrected chi connectivity index (χ1v) is 4.30. The minimum Gasteiger partial charge on any atom is -0.478 e. The highest BCUT2D eigenvalue weighted by Gasteiger charge is 2.15. The fourth-order valence-electron chi connectivity index (χ4n) is 1.55. The van der Waals surface area contributed by atoms with Crippen LogP contribution < -0.4 is 4.89 Å². The summed E-state index contributed by atoms with van der Waals surface area (Å²) in [7, 11) is 0. The quantitative estimate of drug-likeness (QED) is 0.582. The lowest BCUT2D eigenvalue weighted by molar-refractivity contribution is -0.138. The van der Waals surface area contributed by atoms with Crippen LogP contribution in [0.1, 0.15) is 10.4 Å². The number of rotatable bonds is 2. The maximum Gasteiger partial charge on any atom is 0.340 e. The van der Waals surface area contributed by atoms with E-state index in [2.05, 4.69) is 4.89 Å². The molecule has 0 aliphatic carbocycles. The van der Waals surface area contributed by atoms with Crippen LogP contribution in [0.5, 0.6) is 5.75 Å². The Balaban J connectivity index is 2.85. The predicted molar refractivity (Wildman–Crippen MR) is 54.2 cm³/mol. The molecule has 0 radical (unpaired) electrons. The van der Waals surface area contributed by atoms with Crippen molar-refractivity contribution in [2.75, 3.05) is 0 Å². The van der Waals surface area contributed by atoms with E-state index in [0.29, 0.717) is 5.39 Å². The number of carboxylic acid groups (broad SMARTS) is 1. The molecule has 2 N–H and O–H groups in total. The van der Waals surface area contributed by atoms with Gasteiger partial charge in [-0.2, -0.15) is 0 Å². The highest BCUT2D eigenvalue weighted by Crippen LogP contribution is 2.27. The maximum absolute atomic E-state index is 11.0. The highest BCUT2D eigenvalue weighted by atomic mass is 17.1. The van der Waals surface area contributed by atoms with Gasteiger partial charge < -0.3 is 9.99 Å². The summed E-state index contributed by atoms with van der Waals surface area (Å²) in [6, 6.07) is 10.1. The van der Waals surface area contributed by atoms with E-state index < -0.39 is 5.97 Å². The Hall–Kier alpha value is -2.07. The third-order valence-electron chi connectivity index (χ3n) is 2.20. The molecule has 2 rings (SSSR count). The molecule has 0 saturated heterocycles. The third-order valence-corrected chi connectivity index (χ3v) is 2.20. The zero-order valence-corrected chi connectivity index (χ0v) is 7.68. The molecule has 0 aliphatic heterocycles. The topological polar surface area (TPSA) is 66.8 Å². The molecule has 0 heterocycles. The van der Waals surface area contributed by atoms with Crippen LogP contribution in [0.4, 0.5) is 0 Å². The van der Waals surface area contributed by atoms with Crippen LogP contribution in [0.3, 0.4) is 0 Å². The summed E-state index contributed by atoms with van der Waals surface area (Å²) < 4.78 is 0. The molecular formula is C11H8O4. The Morgan fingerprint density at radius 2 is 1.87 bits per heavy atom. The molecule has 0 aliphatic rings. The van der Waals surface area contributed by atoms with Gasteiger partial charge in [-0.1, -0.05) is 30.3 Å². The number of benzene rings is 2. The van der Waals surface area contributed by atoms with E-state index in [4.69, 9.17) is 10.4 Å². The average Bonchev–Trinajstić information content (AvgIpc) is 2.27. The van der Waals surface area contributed by atoms with Crippen molar-refractivity contribution in [1.82, 2.24) is 0 Å². The Bertz CT molecular complexity index is 519. The number of aromatic carboxylic acids is 1. The summed E-state index contributed by atoms with van der Waals surface area (Å²) in [6.45, 7) is 0. The lowest BCUT2D eigenvalue weighted by atomic mass is 10.0. The highest BCUT2D eigenvalue weighted by molar-refractivity contribution is 6.06. The van der Waals surface area contributed by atoms with E-state index in [1.165, 1.54) is 6.07 Å². The number of hydrogen-bond donors (Lipinski definition) is 2. The van der Waals surface area contributed by atoms with E-state index in [1.54, 1.807) is 24.3 Å². The monoisotopic (exact) mass is 204 g/mol. The standard InChI is InChI=1S/C11H8O4/c12-11(13)10-8-4-2-1-3-7(8)5-6-9(10)15-14/h1-6,14H,(H,12,13). The minimum atomic E-state index is -1.13. The fourth-order valence-corrected chi connectivity index (χ4v) is 1.55. The van der Waals surface area contributed by atoms with E-state index in [9.17, 15) is 4.79 Å². The van der Waals surface area contributed by atoms with Gasteiger partial charge in [-0.05, 0) is 11.5 Å². The summed E-state index contributed by atoms with van der Waals surface area (Å²) in [6.07, 6.45) is 0. The SMILES string of the molecule is O=C(O)c1c(OO)ccc2ccccc12. The van der Waals surface area contributed by atoms with E-state index >= 15 is 0 Å².